The van der Waals surface area contributed by atoms with Gasteiger partial charge in [-0.05, 0) is 62.9 Å². The molecule has 36 heavy (non-hydrogen) atoms. The van der Waals surface area contributed by atoms with Gasteiger partial charge in [-0.2, -0.15) is 4.98 Å². The van der Waals surface area contributed by atoms with Crippen LogP contribution in [0.1, 0.15) is 60.5 Å². The molecule has 1 amide bonds. The minimum Gasteiger partial charge on any atom is -0.351 e. The number of nitrogens with one attached hydrogen (secondary N) is 2. The standard InChI is InChI=1S/C27H35N7O2/c28-12-13-29-26(36)23-18-34(21-5-1-2-6-21)25-22(24(23)35)17-30-27(32-25)31-20-9-7-19(8-10-20)11-16-33-14-3-4-15-33/h7-10,17-18,21H,1-6,11-16,28H2,(H,29,36)(H,30,31,32). The SMILES string of the molecule is NCCNC(=O)c1cn(C2CCCC2)c2nc(Nc3ccc(CCN4CCCC4)cc3)ncc2c1=O. The summed E-state index contributed by atoms with van der Waals surface area (Å²) in [6, 6.07) is 8.57. The highest BCUT2D eigenvalue weighted by Crippen LogP contribution is 2.31. The summed E-state index contributed by atoms with van der Waals surface area (Å²) in [7, 11) is 0. The normalized spacial score (nSPS) is 16.6. The molecule has 0 radical (unpaired) electrons. The van der Waals surface area contributed by atoms with Gasteiger partial charge >= 0.3 is 0 Å². The molecular formula is C27H35N7O2. The van der Waals surface area contributed by atoms with Crippen LogP contribution in [0.3, 0.4) is 0 Å². The van der Waals surface area contributed by atoms with Crippen LogP contribution in [0.4, 0.5) is 11.6 Å². The molecule has 1 aliphatic heterocycles. The van der Waals surface area contributed by atoms with Crippen LogP contribution in [-0.4, -0.2) is 58.1 Å². The second kappa shape index (κ2) is 11.2. The molecule has 2 aliphatic rings. The number of nitrogens with zero attached hydrogens (tertiary/aromatic N) is 4. The number of rotatable bonds is 9. The van der Waals surface area contributed by atoms with Crippen LogP contribution in [0.5, 0.6) is 0 Å². The fourth-order valence-corrected chi connectivity index (χ4v) is 5.27. The lowest BCUT2D eigenvalue weighted by atomic mass is 10.1. The highest BCUT2D eigenvalue weighted by Gasteiger charge is 2.23. The monoisotopic (exact) mass is 489 g/mol. The van der Waals surface area contributed by atoms with Gasteiger partial charge in [0.1, 0.15) is 11.2 Å². The van der Waals surface area contributed by atoms with E-state index in [9.17, 15) is 9.59 Å². The Balaban J connectivity index is 1.39. The Hall–Kier alpha value is -3.30. The summed E-state index contributed by atoms with van der Waals surface area (Å²) in [5, 5.41) is 6.35. The Morgan fingerprint density at radius 2 is 1.83 bits per heavy atom. The van der Waals surface area contributed by atoms with E-state index in [0.29, 0.717) is 30.1 Å². The zero-order valence-electron chi connectivity index (χ0n) is 20.7. The number of carbonyl (C=O) groups is 1. The molecule has 1 aliphatic carbocycles. The van der Waals surface area contributed by atoms with Gasteiger partial charge in [0.25, 0.3) is 5.91 Å². The van der Waals surface area contributed by atoms with Crippen molar-refractivity contribution in [1.29, 1.82) is 0 Å². The third kappa shape index (κ3) is 5.42. The predicted octanol–water partition coefficient (Wildman–Crippen LogP) is 2.98. The molecule has 190 valence electrons. The number of aromatic nitrogens is 3. The summed E-state index contributed by atoms with van der Waals surface area (Å²) in [4.78, 5) is 37.5. The minimum atomic E-state index is -0.411. The molecular weight excluding hydrogens is 454 g/mol. The molecule has 2 aromatic heterocycles. The molecule has 0 bridgehead atoms. The van der Waals surface area contributed by atoms with E-state index in [4.69, 9.17) is 10.7 Å². The zero-order valence-corrected chi connectivity index (χ0v) is 20.7. The van der Waals surface area contributed by atoms with E-state index in [-0.39, 0.29) is 17.0 Å². The van der Waals surface area contributed by atoms with Crippen molar-refractivity contribution in [3.63, 3.8) is 0 Å². The third-order valence-electron chi connectivity index (χ3n) is 7.29. The minimum absolute atomic E-state index is 0.108. The molecule has 9 heteroatoms. The second-order valence-corrected chi connectivity index (χ2v) is 9.81. The van der Waals surface area contributed by atoms with Crippen LogP contribution < -0.4 is 21.8 Å². The van der Waals surface area contributed by atoms with Gasteiger partial charge < -0.3 is 25.8 Å². The average Bonchev–Trinajstić information content (AvgIpc) is 3.62. The Morgan fingerprint density at radius 3 is 2.56 bits per heavy atom. The van der Waals surface area contributed by atoms with Crippen molar-refractivity contribution in [2.75, 3.05) is 38.0 Å². The summed E-state index contributed by atoms with van der Waals surface area (Å²) in [5.74, 6) is 0.0184. The molecule has 4 N–H and O–H groups in total. The van der Waals surface area contributed by atoms with E-state index in [2.05, 4.69) is 32.7 Å². The number of anilines is 2. The van der Waals surface area contributed by atoms with Crippen molar-refractivity contribution in [2.24, 2.45) is 5.73 Å². The Labute approximate surface area is 211 Å². The highest BCUT2D eigenvalue weighted by atomic mass is 16.2. The molecule has 0 atom stereocenters. The first kappa shape index (κ1) is 24.4. The van der Waals surface area contributed by atoms with E-state index in [1.807, 2.05) is 16.7 Å². The number of benzene rings is 1. The fourth-order valence-electron chi connectivity index (χ4n) is 5.27. The summed E-state index contributed by atoms with van der Waals surface area (Å²) in [5.41, 5.74) is 8.02. The molecule has 2 fully saturated rings. The maximum Gasteiger partial charge on any atom is 0.256 e. The quantitative estimate of drug-likeness (QED) is 0.423. The Kier molecular flexibility index (Phi) is 7.58. The van der Waals surface area contributed by atoms with Gasteiger partial charge in [-0.15, -0.1) is 0 Å². The summed E-state index contributed by atoms with van der Waals surface area (Å²) in [6.07, 6.45) is 11.1. The van der Waals surface area contributed by atoms with Crippen molar-refractivity contribution >= 4 is 28.6 Å². The second-order valence-electron chi connectivity index (χ2n) is 9.81. The van der Waals surface area contributed by atoms with Crippen LogP contribution in [0.25, 0.3) is 11.0 Å². The molecule has 0 spiro atoms. The van der Waals surface area contributed by atoms with Crippen molar-refractivity contribution in [3.8, 4) is 0 Å². The van der Waals surface area contributed by atoms with E-state index in [1.165, 1.54) is 37.7 Å². The van der Waals surface area contributed by atoms with Crippen molar-refractivity contribution in [2.45, 2.75) is 51.0 Å². The topological polar surface area (TPSA) is 118 Å². The zero-order chi connectivity index (χ0) is 24.9. The molecule has 1 saturated carbocycles. The van der Waals surface area contributed by atoms with Gasteiger partial charge in [-0.25, -0.2) is 4.98 Å². The lowest BCUT2D eigenvalue weighted by Crippen LogP contribution is -2.33. The molecule has 9 nitrogen and oxygen atoms in total. The van der Waals surface area contributed by atoms with Crippen LogP contribution in [0.15, 0.2) is 41.5 Å². The first-order valence-corrected chi connectivity index (χ1v) is 13.1. The van der Waals surface area contributed by atoms with E-state index < -0.39 is 5.91 Å². The molecule has 0 unspecified atom stereocenters. The highest BCUT2D eigenvalue weighted by molar-refractivity contribution is 5.96. The molecule has 3 aromatic rings. The van der Waals surface area contributed by atoms with Gasteiger partial charge in [-0.1, -0.05) is 25.0 Å². The van der Waals surface area contributed by atoms with Crippen LogP contribution >= 0.6 is 0 Å². The number of carbonyl (C=O) groups excluding carboxylic acids is 1. The smallest absolute Gasteiger partial charge is 0.256 e. The lowest BCUT2D eigenvalue weighted by Gasteiger charge is -2.19. The molecule has 1 saturated heterocycles. The fraction of sp³-hybridized carbons (Fsp3) is 0.481. The average molecular weight is 490 g/mol. The van der Waals surface area contributed by atoms with Gasteiger partial charge in [0.15, 0.2) is 0 Å². The molecule has 1 aromatic carbocycles. The maximum atomic E-state index is 13.2. The maximum absolute atomic E-state index is 13.2. The Morgan fingerprint density at radius 1 is 1.08 bits per heavy atom. The van der Waals surface area contributed by atoms with Crippen LogP contribution in [-0.2, 0) is 6.42 Å². The van der Waals surface area contributed by atoms with Crippen LogP contribution in [0.2, 0.25) is 0 Å². The van der Waals surface area contributed by atoms with Crippen molar-refractivity contribution in [3.05, 3.63) is 58.0 Å². The largest absolute Gasteiger partial charge is 0.351 e. The first-order chi connectivity index (χ1) is 17.6. The lowest BCUT2D eigenvalue weighted by molar-refractivity contribution is 0.0953. The van der Waals surface area contributed by atoms with E-state index in [0.717, 1.165) is 44.3 Å². The van der Waals surface area contributed by atoms with Gasteiger partial charge in [-0.3, -0.25) is 9.59 Å². The summed E-state index contributed by atoms with van der Waals surface area (Å²) >= 11 is 0. The van der Waals surface area contributed by atoms with Crippen LogP contribution in [0, 0.1) is 0 Å². The molecule has 5 rings (SSSR count). The number of nitrogens with two attached hydrogens (primary N) is 1. The first-order valence-electron chi connectivity index (χ1n) is 13.1. The molecule has 3 heterocycles. The van der Waals surface area contributed by atoms with Gasteiger partial charge in [0.2, 0.25) is 11.4 Å². The van der Waals surface area contributed by atoms with Crippen molar-refractivity contribution in [1.82, 2.24) is 24.8 Å². The van der Waals surface area contributed by atoms with Crippen molar-refractivity contribution < 1.29 is 4.79 Å². The van der Waals surface area contributed by atoms with Gasteiger partial charge in [0, 0.05) is 43.8 Å². The van der Waals surface area contributed by atoms with E-state index >= 15 is 0 Å². The third-order valence-corrected chi connectivity index (χ3v) is 7.29. The number of pyridine rings is 1. The number of hydrogen-bond acceptors (Lipinski definition) is 7. The Bertz CT molecular complexity index is 1260. The summed E-state index contributed by atoms with van der Waals surface area (Å²) < 4.78 is 2.00. The summed E-state index contributed by atoms with van der Waals surface area (Å²) in [6.45, 7) is 4.16. The number of fused-ring (bicyclic) bond motifs is 1. The number of hydrogen-bond donors (Lipinski definition) is 3. The number of likely N-dealkylation sites (tertiary alicyclic amines) is 1. The predicted molar refractivity (Wildman–Crippen MR) is 142 cm³/mol. The van der Waals surface area contributed by atoms with E-state index in [1.54, 1.807) is 6.20 Å². The van der Waals surface area contributed by atoms with Gasteiger partial charge in [0.05, 0.1) is 5.39 Å². The number of amides is 1.